The van der Waals surface area contributed by atoms with Gasteiger partial charge in [0.2, 0.25) is 0 Å². The summed E-state index contributed by atoms with van der Waals surface area (Å²) in [4.78, 5) is 56.9. The highest BCUT2D eigenvalue weighted by Gasteiger charge is 2.37. The van der Waals surface area contributed by atoms with Crippen molar-refractivity contribution in [2.24, 2.45) is 0 Å². The number of amides is 3. The van der Waals surface area contributed by atoms with E-state index in [1.54, 1.807) is 19.1 Å². The van der Waals surface area contributed by atoms with Crippen LogP contribution in [-0.4, -0.2) is 66.0 Å². The van der Waals surface area contributed by atoms with Crippen LogP contribution in [0, 0.1) is 0 Å². The number of nitrogens with zero attached hydrogens (tertiary/aromatic N) is 3. The van der Waals surface area contributed by atoms with E-state index in [9.17, 15) is 19.2 Å². The molecule has 2 aromatic rings. The second-order valence-corrected chi connectivity index (χ2v) is 11.0. The second-order valence-electron chi connectivity index (χ2n) is 10.1. The molecule has 1 aliphatic carbocycles. The lowest BCUT2D eigenvalue weighted by Crippen LogP contribution is -2.48. The van der Waals surface area contributed by atoms with Crippen molar-refractivity contribution in [2.45, 2.75) is 51.9 Å². The SMILES string of the molecule is CC1=C(CCCCCCN2CCN(C(=O)c3cccs3)CC2)C(=O)N(c2ccc3c(c2)CCC3=O)C1=O. The quantitative estimate of drug-likeness (QED) is 0.361. The molecule has 8 heteroatoms. The Kier molecular flexibility index (Phi) is 7.67. The van der Waals surface area contributed by atoms with Gasteiger partial charge in [-0.3, -0.25) is 24.1 Å². The molecular weight excluding hydrogens is 486 g/mol. The third-order valence-corrected chi connectivity index (χ3v) is 8.61. The van der Waals surface area contributed by atoms with Gasteiger partial charge in [0.25, 0.3) is 17.7 Å². The van der Waals surface area contributed by atoms with Crippen LogP contribution in [0.4, 0.5) is 5.69 Å². The first-order chi connectivity index (χ1) is 17.9. The molecule has 0 spiro atoms. The van der Waals surface area contributed by atoms with Crippen LogP contribution in [0.25, 0.3) is 0 Å². The summed E-state index contributed by atoms with van der Waals surface area (Å²) in [6.45, 7) is 6.14. The molecule has 0 unspecified atom stereocenters. The zero-order valence-corrected chi connectivity index (χ0v) is 22.1. The average Bonchev–Trinajstić information content (AvgIpc) is 3.62. The van der Waals surface area contributed by atoms with Crippen LogP contribution in [0.2, 0.25) is 0 Å². The fraction of sp³-hybridized carbons (Fsp3) is 0.448. The number of hydrogen-bond donors (Lipinski definition) is 0. The van der Waals surface area contributed by atoms with Crippen molar-refractivity contribution in [3.05, 3.63) is 62.9 Å². The van der Waals surface area contributed by atoms with Gasteiger partial charge < -0.3 is 4.90 Å². The number of rotatable bonds is 9. The number of anilines is 1. The van der Waals surface area contributed by atoms with Crippen LogP contribution >= 0.6 is 11.3 Å². The lowest BCUT2D eigenvalue weighted by molar-refractivity contribution is -0.120. The molecule has 0 radical (unpaired) electrons. The Bertz CT molecular complexity index is 1240. The molecule has 0 bridgehead atoms. The first kappa shape index (κ1) is 25.5. The van der Waals surface area contributed by atoms with Crippen molar-refractivity contribution in [1.82, 2.24) is 9.80 Å². The molecular formula is C29H33N3O4S. The fourth-order valence-electron chi connectivity index (χ4n) is 5.52. The molecule has 0 saturated carbocycles. The van der Waals surface area contributed by atoms with E-state index in [2.05, 4.69) is 4.90 Å². The molecule has 194 valence electrons. The number of carbonyl (C=O) groups is 4. The molecule has 1 fully saturated rings. The molecule has 1 aromatic heterocycles. The maximum absolute atomic E-state index is 13.1. The average molecular weight is 520 g/mol. The van der Waals surface area contributed by atoms with Crippen LogP contribution in [0.3, 0.4) is 0 Å². The van der Waals surface area contributed by atoms with E-state index >= 15 is 0 Å². The highest BCUT2D eigenvalue weighted by molar-refractivity contribution is 7.12. The molecule has 3 heterocycles. The number of aryl methyl sites for hydroxylation is 1. The van der Waals surface area contributed by atoms with E-state index in [1.165, 1.54) is 16.2 Å². The number of carbonyl (C=O) groups excluding carboxylic acids is 4. The van der Waals surface area contributed by atoms with E-state index in [1.807, 2.05) is 28.5 Å². The number of fused-ring (bicyclic) bond motifs is 1. The third-order valence-electron chi connectivity index (χ3n) is 7.75. The number of unbranched alkanes of at least 4 members (excludes halogenated alkanes) is 3. The molecule has 2 aliphatic heterocycles. The molecule has 1 aromatic carbocycles. The number of imide groups is 1. The number of thiophene rings is 1. The van der Waals surface area contributed by atoms with Crippen LogP contribution in [0.15, 0.2) is 46.9 Å². The van der Waals surface area contributed by atoms with E-state index < -0.39 is 0 Å². The number of Topliss-reactive ketones (excluding diaryl/α,β-unsaturated/α-hetero) is 1. The van der Waals surface area contributed by atoms with Gasteiger partial charge in [-0.2, -0.15) is 0 Å². The maximum atomic E-state index is 13.1. The smallest absolute Gasteiger partial charge is 0.264 e. The van der Waals surface area contributed by atoms with E-state index in [0.717, 1.165) is 68.8 Å². The Morgan fingerprint density at radius 3 is 2.46 bits per heavy atom. The number of piperazine rings is 1. The van der Waals surface area contributed by atoms with Crippen molar-refractivity contribution < 1.29 is 19.2 Å². The first-order valence-electron chi connectivity index (χ1n) is 13.2. The predicted molar refractivity (Wildman–Crippen MR) is 144 cm³/mol. The van der Waals surface area contributed by atoms with Gasteiger partial charge in [0.1, 0.15) is 0 Å². The summed E-state index contributed by atoms with van der Waals surface area (Å²) < 4.78 is 0. The van der Waals surface area contributed by atoms with Gasteiger partial charge in [-0.05, 0) is 74.4 Å². The summed E-state index contributed by atoms with van der Waals surface area (Å²) >= 11 is 1.50. The number of hydrogen-bond acceptors (Lipinski definition) is 6. The maximum Gasteiger partial charge on any atom is 0.264 e. The van der Waals surface area contributed by atoms with Gasteiger partial charge in [0, 0.05) is 49.3 Å². The minimum absolute atomic E-state index is 0.127. The zero-order valence-electron chi connectivity index (χ0n) is 21.3. The highest BCUT2D eigenvalue weighted by atomic mass is 32.1. The van der Waals surface area contributed by atoms with Crippen molar-refractivity contribution in [1.29, 1.82) is 0 Å². The summed E-state index contributed by atoms with van der Waals surface area (Å²) in [5, 5.41) is 1.94. The lowest BCUT2D eigenvalue weighted by Gasteiger charge is -2.34. The number of ketones is 1. The van der Waals surface area contributed by atoms with Gasteiger partial charge in [-0.25, -0.2) is 4.90 Å². The molecule has 37 heavy (non-hydrogen) atoms. The molecule has 3 amide bonds. The topological polar surface area (TPSA) is 78.0 Å². The van der Waals surface area contributed by atoms with E-state index in [-0.39, 0.29) is 23.5 Å². The molecule has 1 saturated heterocycles. The van der Waals surface area contributed by atoms with Gasteiger partial charge in [-0.1, -0.05) is 18.9 Å². The van der Waals surface area contributed by atoms with Gasteiger partial charge in [0.15, 0.2) is 5.78 Å². The molecule has 0 N–H and O–H groups in total. The minimum Gasteiger partial charge on any atom is -0.335 e. The third kappa shape index (κ3) is 5.31. The van der Waals surface area contributed by atoms with Gasteiger partial charge in [-0.15, -0.1) is 11.3 Å². The molecule has 7 nitrogen and oxygen atoms in total. The van der Waals surface area contributed by atoms with Crippen molar-refractivity contribution in [2.75, 3.05) is 37.6 Å². The fourth-order valence-corrected chi connectivity index (χ4v) is 6.21. The molecule has 3 aliphatic rings. The summed E-state index contributed by atoms with van der Waals surface area (Å²) in [5.74, 6) is -0.200. The van der Waals surface area contributed by atoms with E-state index in [4.69, 9.17) is 0 Å². The van der Waals surface area contributed by atoms with Crippen molar-refractivity contribution in [3.63, 3.8) is 0 Å². The largest absolute Gasteiger partial charge is 0.335 e. The Balaban J connectivity index is 1.03. The molecule has 5 rings (SSSR count). The first-order valence-corrected chi connectivity index (χ1v) is 14.1. The highest BCUT2D eigenvalue weighted by Crippen LogP contribution is 2.33. The zero-order chi connectivity index (χ0) is 25.9. The summed E-state index contributed by atoms with van der Waals surface area (Å²) in [5.41, 5.74) is 3.35. The second kappa shape index (κ2) is 11.1. The standard InChI is InChI=1S/C29H33N3O4S/c1-20-23(28(35)32(27(20)34)22-10-11-24-21(19-22)9-12-25(24)33)7-4-2-3-5-13-30-14-16-31(17-15-30)29(36)26-8-6-18-37-26/h6,8,10-11,18-19H,2-5,7,9,12-17H2,1H3. The van der Waals surface area contributed by atoms with E-state index in [0.29, 0.717) is 41.7 Å². The summed E-state index contributed by atoms with van der Waals surface area (Å²) in [7, 11) is 0. The molecule has 0 atom stereocenters. The normalized spacial score (nSPS) is 18.4. The van der Waals surface area contributed by atoms with Crippen LogP contribution in [0.5, 0.6) is 0 Å². The van der Waals surface area contributed by atoms with Gasteiger partial charge in [0.05, 0.1) is 10.6 Å². The Hall–Kier alpha value is -3.10. The lowest BCUT2D eigenvalue weighted by atomic mass is 10.0. The number of benzene rings is 1. The van der Waals surface area contributed by atoms with Crippen LogP contribution in [-0.2, 0) is 16.0 Å². The Morgan fingerprint density at radius 1 is 0.919 bits per heavy atom. The Morgan fingerprint density at radius 2 is 1.70 bits per heavy atom. The van der Waals surface area contributed by atoms with Crippen LogP contribution < -0.4 is 4.90 Å². The minimum atomic E-state index is -0.249. The van der Waals surface area contributed by atoms with Crippen molar-refractivity contribution in [3.8, 4) is 0 Å². The predicted octanol–water partition coefficient (Wildman–Crippen LogP) is 4.48. The van der Waals surface area contributed by atoms with Gasteiger partial charge >= 0.3 is 0 Å². The summed E-state index contributed by atoms with van der Waals surface area (Å²) in [6.07, 6.45) is 5.82. The van der Waals surface area contributed by atoms with Crippen molar-refractivity contribution >= 4 is 40.5 Å². The monoisotopic (exact) mass is 519 g/mol. The summed E-state index contributed by atoms with van der Waals surface area (Å²) in [6, 6.07) is 9.09. The Labute approximate surface area is 221 Å². The van der Waals surface area contributed by atoms with Crippen LogP contribution in [0.1, 0.15) is 71.0 Å².